The Labute approximate surface area is 76.7 Å². The molecule has 0 aliphatic heterocycles. The molecule has 0 bridgehead atoms. The molecule has 1 aromatic rings. The fraction of sp³-hybridized carbons (Fsp3) is 0.444. The minimum absolute atomic E-state index is 0.511. The molecule has 3 heteroatoms. The van der Waals surface area contributed by atoms with Gasteiger partial charge in [0.2, 0.25) is 0 Å². The monoisotopic (exact) mass is 182 g/mol. The van der Waals surface area contributed by atoms with Crippen LogP contribution in [0.4, 0.5) is 5.69 Å². The highest BCUT2D eigenvalue weighted by Crippen LogP contribution is 2.36. The molecule has 0 unspecified atom stereocenters. The van der Waals surface area contributed by atoms with E-state index in [2.05, 4.69) is 4.98 Å². The summed E-state index contributed by atoms with van der Waals surface area (Å²) >= 11 is 5.78. The maximum atomic E-state index is 5.78. The van der Waals surface area contributed by atoms with Crippen molar-refractivity contribution in [1.82, 2.24) is 4.98 Å². The summed E-state index contributed by atoms with van der Waals surface area (Å²) in [4.78, 5) is 4.24. The van der Waals surface area contributed by atoms with E-state index < -0.39 is 0 Å². The average molecular weight is 183 g/mol. The Bertz CT molecular complexity index is 274. The first-order valence-electron chi connectivity index (χ1n) is 4.18. The average Bonchev–Trinajstić information content (AvgIpc) is 1.79. The standard InChI is InChI=1S/C9H11ClN2/c10-9-5-7(11)4-8(12-9)6-2-1-3-6/h4-6H,1-3H2,(H2,11,12). The summed E-state index contributed by atoms with van der Waals surface area (Å²) in [5.41, 5.74) is 7.43. The molecule has 1 saturated carbocycles. The first kappa shape index (κ1) is 7.87. The summed E-state index contributed by atoms with van der Waals surface area (Å²) < 4.78 is 0. The van der Waals surface area contributed by atoms with Crippen LogP contribution in [0.2, 0.25) is 5.15 Å². The molecule has 1 aromatic heterocycles. The number of nitrogen functional groups attached to an aromatic ring is 1. The van der Waals surface area contributed by atoms with Crippen LogP contribution < -0.4 is 5.73 Å². The first-order chi connectivity index (χ1) is 5.75. The van der Waals surface area contributed by atoms with E-state index in [0.717, 1.165) is 11.4 Å². The zero-order chi connectivity index (χ0) is 8.55. The maximum absolute atomic E-state index is 5.78. The van der Waals surface area contributed by atoms with E-state index in [0.29, 0.717) is 11.1 Å². The molecule has 0 spiro atoms. The number of pyridine rings is 1. The lowest BCUT2D eigenvalue weighted by Gasteiger charge is -2.24. The highest BCUT2D eigenvalue weighted by molar-refractivity contribution is 6.29. The van der Waals surface area contributed by atoms with Gasteiger partial charge in [-0.1, -0.05) is 18.0 Å². The second-order valence-electron chi connectivity index (χ2n) is 3.28. The Balaban J connectivity index is 2.30. The van der Waals surface area contributed by atoms with Gasteiger partial charge in [-0.25, -0.2) is 4.98 Å². The summed E-state index contributed by atoms with van der Waals surface area (Å²) in [5, 5.41) is 0.511. The van der Waals surface area contributed by atoms with Crippen LogP contribution >= 0.6 is 11.6 Å². The van der Waals surface area contributed by atoms with Gasteiger partial charge in [0.25, 0.3) is 0 Å². The van der Waals surface area contributed by atoms with Gasteiger partial charge in [-0.15, -0.1) is 0 Å². The summed E-state index contributed by atoms with van der Waals surface area (Å²) in [6.45, 7) is 0. The Morgan fingerprint density at radius 1 is 1.42 bits per heavy atom. The lowest BCUT2D eigenvalue weighted by molar-refractivity contribution is 0.411. The van der Waals surface area contributed by atoms with Crippen LogP contribution in [0, 0.1) is 0 Å². The smallest absolute Gasteiger partial charge is 0.131 e. The van der Waals surface area contributed by atoms with E-state index in [-0.39, 0.29) is 0 Å². The van der Waals surface area contributed by atoms with E-state index in [4.69, 9.17) is 17.3 Å². The summed E-state index contributed by atoms with van der Waals surface area (Å²) in [6, 6.07) is 3.61. The zero-order valence-electron chi connectivity index (χ0n) is 6.76. The topological polar surface area (TPSA) is 38.9 Å². The second-order valence-corrected chi connectivity index (χ2v) is 3.66. The predicted octanol–water partition coefficient (Wildman–Crippen LogP) is 2.58. The maximum Gasteiger partial charge on any atom is 0.131 e. The number of hydrogen-bond acceptors (Lipinski definition) is 2. The number of nitrogens with two attached hydrogens (primary N) is 1. The van der Waals surface area contributed by atoms with Crippen molar-refractivity contribution < 1.29 is 0 Å². The summed E-state index contributed by atoms with van der Waals surface area (Å²) in [7, 11) is 0. The largest absolute Gasteiger partial charge is 0.399 e. The number of rotatable bonds is 1. The molecule has 1 heterocycles. The van der Waals surface area contributed by atoms with Crippen molar-refractivity contribution in [3.8, 4) is 0 Å². The highest BCUT2D eigenvalue weighted by atomic mass is 35.5. The molecule has 1 aliphatic rings. The molecule has 2 N–H and O–H groups in total. The van der Waals surface area contributed by atoms with E-state index in [1.807, 2.05) is 6.07 Å². The van der Waals surface area contributed by atoms with Crippen molar-refractivity contribution >= 4 is 17.3 Å². The van der Waals surface area contributed by atoms with Crippen molar-refractivity contribution in [1.29, 1.82) is 0 Å². The molecule has 0 aromatic carbocycles. The van der Waals surface area contributed by atoms with Gasteiger partial charge in [0.15, 0.2) is 0 Å². The minimum Gasteiger partial charge on any atom is -0.399 e. The molecule has 1 fully saturated rings. The Kier molecular flexibility index (Phi) is 1.93. The molecule has 0 radical (unpaired) electrons. The van der Waals surface area contributed by atoms with Crippen LogP contribution in [0.5, 0.6) is 0 Å². The highest BCUT2D eigenvalue weighted by Gasteiger charge is 2.21. The van der Waals surface area contributed by atoms with Crippen LogP contribution in [-0.2, 0) is 0 Å². The fourth-order valence-corrected chi connectivity index (χ4v) is 1.67. The zero-order valence-corrected chi connectivity index (χ0v) is 7.51. The first-order valence-corrected chi connectivity index (χ1v) is 4.56. The Hall–Kier alpha value is -0.760. The van der Waals surface area contributed by atoms with Crippen LogP contribution in [0.3, 0.4) is 0 Å². The van der Waals surface area contributed by atoms with Gasteiger partial charge in [-0.05, 0) is 25.0 Å². The summed E-state index contributed by atoms with van der Waals surface area (Å²) in [6.07, 6.45) is 3.76. The lowest BCUT2D eigenvalue weighted by atomic mass is 9.82. The molecule has 1 aliphatic carbocycles. The van der Waals surface area contributed by atoms with Crippen molar-refractivity contribution in [3.63, 3.8) is 0 Å². The third kappa shape index (κ3) is 1.39. The quantitative estimate of drug-likeness (QED) is 0.679. The minimum atomic E-state index is 0.511. The van der Waals surface area contributed by atoms with Gasteiger partial charge in [-0.2, -0.15) is 0 Å². The predicted molar refractivity (Wildman–Crippen MR) is 50.3 cm³/mol. The Morgan fingerprint density at radius 2 is 2.17 bits per heavy atom. The third-order valence-electron chi connectivity index (χ3n) is 2.36. The van der Waals surface area contributed by atoms with Gasteiger partial charge < -0.3 is 5.73 Å². The van der Waals surface area contributed by atoms with E-state index in [1.54, 1.807) is 6.07 Å². The van der Waals surface area contributed by atoms with Crippen LogP contribution in [0.25, 0.3) is 0 Å². The number of nitrogens with zero attached hydrogens (tertiary/aromatic N) is 1. The molecule has 2 nitrogen and oxygen atoms in total. The second kappa shape index (κ2) is 2.94. The summed E-state index contributed by atoms with van der Waals surface area (Å²) in [5.74, 6) is 0.603. The number of anilines is 1. The SMILES string of the molecule is Nc1cc(Cl)nc(C2CCC2)c1. The molecular formula is C9H11ClN2. The van der Waals surface area contributed by atoms with E-state index in [1.165, 1.54) is 19.3 Å². The number of aromatic nitrogens is 1. The number of hydrogen-bond donors (Lipinski definition) is 1. The van der Waals surface area contributed by atoms with Crippen molar-refractivity contribution in [2.24, 2.45) is 0 Å². The lowest BCUT2D eigenvalue weighted by Crippen LogP contribution is -2.10. The van der Waals surface area contributed by atoms with Crippen LogP contribution in [0.1, 0.15) is 30.9 Å². The van der Waals surface area contributed by atoms with Crippen molar-refractivity contribution in [2.75, 3.05) is 5.73 Å². The molecule has 64 valence electrons. The van der Waals surface area contributed by atoms with Crippen LogP contribution in [-0.4, -0.2) is 4.98 Å². The van der Waals surface area contributed by atoms with Gasteiger partial charge in [-0.3, -0.25) is 0 Å². The van der Waals surface area contributed by atoms with Gasteiger partial charge >= 0.3 is 0 Å². The number of halogens is 1. The van der Waals surface area contributed by atoms with Gasteiger partial charge in [0.1, 0.15) is 5.15 Å². The van der Waals surface area contributed by atoms with Crippen molar-refractivity contribution in [3.05, 3.63) is 23.0 Å². The Morgan fingerprint density at radius 3 is 2.67 bits per heavy atom. The molecule has 0 amide bonds. The fourth-order valence-electron chi connectivity index (χ4n) is 1.45. The molecule has 0 atom stereocenters. The van der Waals surface area contributed by atoms with Gasteiger partial charge in [0, 0.05) is 17.3 Å². The normalized spacial score (nSPS) is 17.4. The molecule has 12 heavy (non-hydrogen) atoms. The third-order valence-corrected chi connectivity index (χ3v) is 2.55. The molecule has 0 saturated heterocycles. The van der Waals surface area contributed by atoms with Crippen molar-refractivity contribution in [2.45, 2.75) is 25.2 Å². The molecular weight excluding hydrogens is 172 g/mol. The van der Waals surface area contributed by atoms with Crippen LogP contribution in [0.15, 0.2) is 12.1 Å². The molecule has 2 rings (SSSR count). The van der Waals surface area contributed by atoms with E-state index >= 15 is 0 Å². The van der Waals surface area contributed by atoms with Gasteiger partial charge in [0.05, 0.1) is 0 Å². The van der Waals surface area contributed by atoms with E-state index in [9.17, 15) is 0 Å².